The van der Waals surface area contributed by atoms with Crippen LogP contribution in [0.3, 0.4) is 0 Å². The lowest BCUT2D eigenvalue weighted by Crippen LogP contribution is -1.74. The van der Waals surface area contributed by atoms with Gasteiger partial charge >= 0.3 is 0 Å². The fraction of sp³-hybridized carbons (Fsp3) is 0.300. The standard InChI is InChI=1S/C7H5ClO.C3H8S2/c8-7-3-1-6(5-9)2-4-7;4-2-1-3-5/h1-5H;4-5H,1-3H2. The van der Waals surface area contributed by atoms with Crippen molar-refractivity contribution in [3.8, 4) is 0 Å². The molecule has 0 atom stereocenters. The second-order valence-corrected chi connectivity index (χ2v) is 3.80. The predicted molar refractivity (Wildman–Crippen MR) is 69.2 cm³/mol. The van der Waals surface area contributed by atoms with Crippen LogP contribution in [0.4, 0.5) is 0 Å². The SMILES string of the molecule is O=Cc1ccc(Cl)cc1.SCCCS. The summed E-state index contributed by atoms with van der Waals surface area (Å²) in [6.45, 7) is 0. The average Bonchev–Trinajstić information content (AvgIpc) is 2.21. The number of benzene rings is 1. The molecule has 0 bridgehead atoms. The van der Waals surface area contributed by atoms with Gasteiger partial charge in [-0.3, -0.25) is 4.79 Å². The molecule has 0 unspecified atom stereocenters. The van der Waals surface area contributed by atoms with E-state index in [1.807, 2.05) is 0 Å². The molecular formula is C10H13ClOS2. The van der Waals surface area contributed by atoms with Gasteiger partial charge in [0.05, 0.1) is 0 Å². The van der Waals surface area contributed by atoms with Crippen molar-refractivity contribution in [2.24, 2.45) is 0 Å². The Morgan fingerprint density at radius 2 is 1.64 bits per heavy atom. The van der Waals surface area contributed by atoms with Crippen LogP contribution < -0.4 is 0 Å². The van der Waals surface area contributed by atoms with Gasteiger partial charge in [-0.05, 0) is 30.1 Å². The maximum absolute atomic E-state index is 10.1. The summed E-state index contributed by atoms with van der Waals surface area (Å²) in [4.78, 5) is 10.1. The summed E-state index contributed by atoms with van der Waals surface area (Å²) in [6.07, 6.45) is 1.91. The molecule has 0 amide bonds. The van der Waals surface area contributed by atoms with E-state index in [-0.39, 0.29) is 0 Å². The van der Waals surface area contributed by atoms with Gasteiger partial charge in [0.2, 0.25) is 0 Å². The first-order chi connectivity index (χ1) is 6.74. The number of rotatable bonds is 3. The molecule has 78 valence electrons. The van der Waals surface area contributed by atoms with Gasteiger partial charge in [-0.15, -0.1) is 0 Å². The van der Waals surface area contributed by atoms with Crippen molar-refractivity contribution in [2.45, 2.75) is 6.42 Å². The van der Waals surface area contributed by atoms with Crippen molar-refractivity contribution in [3.63, 3.8) is 0 Å². The lowest BCUT2D eigenvalue weighted by atomic mass is 10.2. The number of halogens is 1. The third-order valence-electron chi connectivity index (χ3n) is 1.32. The minimum absolute atomic E-state index is 0.652. The fourth-order valence-corrected chi connectivity index (χ4v) is 1.30. The number of carbonyl (C=O) groups excluding carboxylic acids is 1. The highest BCUT2D eigenvalue weighted by Crippen LogP contribution is 2.07. The summed E-state index contributed by atoms with van der Waals surface area (Å²) in [5, 5.41) is 0.653. The van der Waals surface area contributed by atoms with Crippen molar-refractivity contribution >= 4 is 43.1 Å². The minimum atomic E-state index is 0.652. The Kier molecular flexibility index (Phi) is 9.35. The van der Waals surface area contributed by atoms with E-state index < -0.39 is 0 Å². The van der Waals surface area contributed by atoms with E-state index in [0.29, 0.717) is 10.6 Å². The first-order valence-electron chi connectivity index (χ1n) is 4.17. The maximum atomic E-state index is 10.1. The molecule has 1 aromatic rings. The lowest BCUT2D eigenvalue weighted by molar-refractivity contribution is 0.112. The molecule has 1 rings (SSSR count). The third-order valence-corrected chi connectivity index (χ3v) is 2.21. The second-order valence-electron chi connectivity index (χ2n) is 2.47. The normalized spacial score (nSPS) is 8.79. The summed E-state index contributed by atoms with van der Waals surface area (Å²) >= 11 is 13.5. The molecule has 0 N–H and O–H groups in total. The number of carbonyl (C=O) groups is 1. The second kappa shape index (κ2) is 9.44. The van der Waals surface area contributed by atoms with Crippen molar-refractivity contribution in [1.29, 1.82) is 0 Å². The molecule has 1 aromatic carbocycles. The summed E-state index contributed by atoms with van der Waals surface area (Å²) in [6, 6.07) is 6.72. The lowest BCUT2D eigenvalue weighted by Gasteiger charge is -1.87. The van der Waals surface area contributed by atoms with Gasteiger partial charge in [-0.1, -0.05) is 23.7 Å². The van der Waals surface area contributed by atoms with Crippen molar-refractivity contribution in [3.05, 3.63) is 34.9 Å². The van der Waals surface area contributed by atoms with Crippen molar-refractivity contribution in [1.82, 2.24) is 0 Å². The molecule has 0 saturated heterocycles. The molecule has 0 aromatic heterocycles. The molecule has 1 nitrogen and oxygen atoms in total. The van der Waals surface area contributed by atoms with Gasteiger partial charge in [0.25, 0.3) is 0 Å². The average molecular weight is 249 g/mol. The molecule has 0 aliphatic heterocycles. The zero-order chi connectivity index (χ0) is 10.8. The van der Waals surface area contributed by atoms with Crippen LogP contribution >= 0.6 is 36.9 Å². The van der Waals surface area contributed by atoms with Crippen LogP contribution in [0.2, 0.25) is 5.02 Å². The zero-order valence-corrected chi connectivity index (χ0v) is 10.2. The highest BCUT2D eigenvalue weighted by Gasteiger charge is 1.86. The Labute approximate surface area is 101 Å². The van der Waals surface area contributed by atoms with E-state index in [1.54, 1.807) is 24.3 Å². The Bertz CT molecular complexity index is 247. The molecule has 0 fully saturated rings. The van der Waals surface area contributed by atoms with E-state index in [1.165, 1.54) is 0 Å². The van der Waals surface area contributed by atoms with Crippen LogP contribution in [0.15, 0.2) is 24.3 Å². The van der Waals surface area contributed by atoms with E-state index in [9.17, 15) is 4.79 Å². The van der Waals surface area contributed by atoms with E-state index in [0.717, 1.165) is 24.2 Å². The highest BCUT2D eigenvalue weighted by molar-refractivity contribution is 7.81. The van der Waals surface area contributed by atoms with Crippen molar-refractivity contribution < 1.29 is 4.79 Å². The largest absolute Gasteiger partial charge is 0.298 e. The smallest absolute Gasteiger partial charge is 0.150 e. The third kappa shape index (κ3) is 7.30. The summed E-state index contributed by atoms with van der Waals surface area (Å²) in [5.41, 5.74) is 0.652. The van der Waals surface area contributed by atoms with Gasteiger partial charge in [0.15, 0.2) is 0 Å². The maximum Gasteiger partial charge on any atom is 0.150 e. The van der Waals surface area contributed by atoms with Gasteiger partial charge in [0.1, 0.15) is 6.29 Å². The molecule has 14 heavy (non-hydrogen) atoms. The number of hydrogen-bond acceptors (Lipinski definition) is 3. The summed E-state index contributed by atoms with van der Waals surface area (Å²) < 4.78 is 0. The Hall–Kier alpha value is -0.120. The van der Waals surface area contributed by atoms with Gasteiger partial charge in [-0.2, -0.15) is 25.3 Å². The molecule has 0 saturated carbocycles. The molecule has 0 aliphatic rings. The van der Waals surface area contributed by atoms with Crippen LogP contribution in [0.5, 0.6) is 0 Å². The Morgan fingerprint density at radius 1 is 1.14 bits per heavy atom. The monoisotopic (exact) mass is 248 g/mol. The van der Waals surface area contributed by atoms with Gasteiger partial charge in [-0.25, -0.2) is 0 Å². The van der Waals surface area contributed by atoms with Gasteiger partial charge < -0.3 is 0 Å². The molecular weight excluding hydrogens is 236 g/mol. The quantitative estimate of drug-likeness (QED) is 0.620. The number of hydrogen-bond donors (Lipinski definition) is 2. The molecule has 4 heteroatoms. The summed E-state index contributed by atoms with van der Waals surface area (Å²) in [7, 11) is 0. The fourth-order valence-electron chi connectivity index (χ4n) is 0.612. The van der Waals surface area contributed by atoms with Crippen LogP contribution in [-0.4, -0.2) is 17.8 Å². The molecule has 0 spiro atoms. The Balaban J connectivity index is 0.000000292. The van der Waals surface area contributed by atoms with E-state index in [4.69, 9.17) is 11.6 Å². The molecule has 0 heterocycles. The predicted octanol–water partition coefficient (Wildman–Crippen LogP) is 3.39. The van der Waals surface area contributed by atoms with Crippen LogP contribution in [0.25, 0.3) is 0 Å². The van der Waals surface area contributed by atoms with Crippen LogP contribution in [0, 0.1) is 0 Å². The first kappa shape index (κ1) is 13.9. The van der Waals surface area contributed by atoms with Crippen LogP contribution in [0.1, 0.15) is 16.8 Å². The van der Waals surface area contributed by atoms with E-state index >= 15 is 0 Å². The molecule has 0 aliphatic carbocycles. The first-order valence-corrected chi connectivity index (χ1v) is 5.81. The van der Waals surface area contributed by atoms with Gasteiger partial charge in [0, 0.05) is 10.6 Å². The summed E-state index contributed by atoms with van der Waals surface area (Å²) in [5.74, 6) is 1.92. The van der Waals surface area contributed by atoms with Crippen LogP contribution in [-0.2, 0) is 0 Å². The Morgan fingerprint density at radius 3 is 1.93 bits per heavy atom. The number of thiol groups is 2. The zero-order valence-electron chi connectivity index (χ0n) is 7.69. The number of aldehydes is 1. The minimum Gasteiger partial charge on any atom is -0.298 e. The van der Waals surface area contributed by atoms with Crippen molar-refractivity contribution in [2.75, 3.05) is 11.5 Å². The topological polar surface area (TPSA) is 17.1 Å². The highest BCUT2D eigenvalue weighted by atomic mass is 35.5. The van der Waals surface area contributed by atoms with E-state index in [2.05, 4.69) is 25.3 Å². The molecule has 0 radical (unpaired) electrons.